The molecule has 7 heteroatoms. The van der Waals surface area contributed by atoms with E-state index in [0.29, 0.717) is 18.1 Å². The lowest BCUT2D eigenvalue weighted by atomic mass is 9.84. The quantitative estimate of drug-likeness (QED) is 0.634. The van der Waals surface area contributed by atoms with Crippen molar-refractivity contribution in [2.75, 3.05) is 39.0 Å². The van der Waals surface area contributed by atoms with Crippen LogP contribution in [0.4, 0.5) is 5.13 Å². The summed E-state index contributed by atoms with van der Waals surface area (Å²) >= 11 is 1.46. The Morgan fingerprint density at radius 3 is 2.32 bits per heavy atom. The molecule has 6 nitrogen and oxygen atoms in total. The summed E-state index contributed by atoms with van der Waals surface area (Å²) in [5, 5.41) is 3.44. The number of hydrogen-bond donors (Lipinski definition) is 1. The van der Waals surface area contributed by atoms with E-state index < -0.39 is 0 Å². The number of aryl methyl sites for hydroxylation is 2. The zero-order valence-corrected chi connectivity index (χ0v) is 19.7. The molecule has 160 valence electrons. The van der Waals surface area contributed by atoms with Crippen molar-refractivity contribution < 1.29 is 9.59 Å². The van der Waals surface area contributed by atoms with Crippen LogP contribution >= 0.6 is 11.3 Å². The topological polar surface area (TPSA) is 65.5 Å². The van der Waals surface area contributed by atoms with Crippen molar-refractivity contribution in [2.24, 2.45) is 11.3 Å². The fourth-order valence-electron chi connectivity index (χ4n) is 3.27. The van der Waals surface area contributed by atoms with Crippen molar-refractivity contribution in [3.63, 3.8) is 0 Å². The van der Waals surface area contributed by atoms with Crippen LogP contribution in [0.15, 0.2) is 0 Å². The molecule has 0 aromatic carbocycles. The predicted molar refractivity (Wildman–Crippen MR) is 118 cm³/mol. The smallest absolute Gasteiger partial charge is 0.245 e. The number of nitrogens with one attached hydrogen (secondary N) is 1. The van der Waals surface area contributed by atoms with Gasteiger partial charge in [-0.1, -0.05) is 27.7 Å². The normalized spacial score (nSPS) is 12.9. The first-order chi connectivity index (χ1) is 12.9. The molecule has 1 rings (SSSR count). The van der Waals surface area contributed by atoms with E-state index in [2.05, 4.69) is 42.9 Å². The molecule has 2 amide bonds. The van der Waals surface area contributed by atoms with E-state index in [1.165, 1.54) is 11.3 Å². The molecule has 1 heterocycles. The molecule has 28 heavy (non-hydrogen) atoms. The van der Waals surface area contributed by atoms with Gasteiger partial charge in [-0.3, -0.25) is 9.59 Å². The van der Waals surface area contributed by atoms with E-state index in [1.54, 1.807) is 4.90 Å². The molecule has 0 fully saturated rings. The van der Waals surface area contributed by atoms with Gasteiger partial charge < -0.3 is 15.1 Å². The summed E-state index contributed by atoms with van der Waals surface area (Å²) in [7, 11) is 4.02. The second-order valence-electron chi connectivity index (χ2n) is 9.25. The van der Waals surface area contributed by atoms with Crippen LogP contribution in [0.1, 0.15) is 57.5 Å². The molecule has 0 saturated carbocycles. The SMILES string of the molecule is Cc1nc(NC(=O)CN(CCCN(C)C)C(=O)C[C@@H](C)CC(C)(C)C)sc1C. The van der Waals surface area contributed by atoms with Crippen molar-refractivity contribution in [1.82, 2.24) is 14.8 Å². The fraction of sp³-hybridized carbons (Fsp3) is 0.762. The molecule has 0 aliphatic rings. The van der Waals surface area contributed by atoms with Gasteiger partial charge in [-0.05, 0) is 58.7 Å². The summed E-state index contributed by atoms with van der Waals surface area (Å²) in [4.78, 5) is 34.6. The highest BCUT2D eigenvalue weighted by molar-refractivity contribution is 7.15. The molecular weight excluding hydrogens is 372 g/mol. The number of hydrogen-bond acceptors (Lipinski definition) is 5. The van der Waals surface area contributed by atoms with Crippen molar-refractivity contribution in [3.05, 3.63) is 10.6 Å². The summed E-state index contributed by atoms with van der Waals surface area (Å²) in [6, 6.07) is 0. The summed E-state index contributed by atoms with van der Waals surface area (Å²) in [6.45, 7) is 14.1. The number of carbonyl (C=O) groups excluding carboxylic acids is 2. The van der Waals surface area contributed by atoms with E-state index in [0.717, 1.165) is 30.0 Å². The largest absolute Gasteiger partial charge is 0.333 e. The predicted octanol–water partition coefficient (Wildman–Crippen LogP) is 3.94. The summed E-state index contributed by atoms with van der Waals surface area (Å²) in [6.07, 6.45) is 2.30. The van der Waals surface area contributed by atoms with E-state index in [9.17, 15) is 9.59 Å². The summed E-state index contributed by atoms with van der Waals surface area (Å²) in [5.74, 6) is 0.156. The first kappa shape index (κ1) is 24.6. The number of thiazole rings is 1. The van der Waals surface area contributed by atoms with Crippen LogP contribution in [0.25, 0.3) is 0 Å². The van der Waals surface area contributed by atoms with Gasteiger partial charge in [-0.2, -0.15) is 0 Å². The molecule has 1 aromatic rings. The maximum Gasteiger partial charge on any atom is 0.245 e. The van der Waals surface area contributed by atoms with Crippen LogP contribution in [-0.2, 0) is 9.59 Å². The second-order valence-corrected chi connectivity index (χ2v) is 10.5. The third kappa shape index (κ3) is 9.64. The highest BCUT2D eigenvalue weighted by atomic mass is 32.1. The van der Waals surface area contributed by atoms with Gasteiger partial charge >= 0.3 is 0 Å². The van der Waals surface area contributed by atoms with Crippen molar-refractivity contribution in [2.45, 2.75) is 60.8 Å². The van der Waals surface area contributed by atoms with Gasteiger partial charge in [-0.15, -0.1) is 11.3 Å². The van der Waals surface area contributed by atoms with Crippen LogP contribution in [0.2, 0.25) is 0 Å². The van der Waals surface area contributed by atoms with Gasteiger partial charge in [-0.25, -0.2) is 4.98 Å². The lowest BCUT2D eigenvalue weighted by Crippen LogP contribution is -2.40. The van der Waals surface area contributed by atoms with E-state index in [-0.39, 0.29) is 29.7 Å². The molecule has 0 saturated heterocycles. The lowest BCUT2D eigenvalue weighted by Gasteiger charge is -2.27. The second kappa shape index (κ2) is 10.9. The van der Waals surface area contributed by atoms with Crippen LogP contribution in [0.5, 0.6) is 0 Å². The van der Waals surface area contributed by atoms with Crippen LogP contribution in [0, 0.1) is 25.2 Å². The Bertz CT molecular complexity index is 630. The van der Waals surface area contributed by atoms with Gasteiger partial charge in [0.15, 0.2) is 5.13 Å². The monoisotopic (exact) mass is 410 g/mol. The fourth-order valence-corrected chi connectivity index (χ4v) is 4.10. The van der Waals surface area contributed by atoms with Crippen molar-refractivity contribution >= 4 is 28.3 Å². The average molecular weight is 411 g/mol. The Hall–Kier alpha value is -1.47. The molecule has 0 bridgehead atoms. The maximum absolute atomic E-state index is 12.9. The molecule has 0 spiro atoms. The van der Waals surface area contributed by atoms with Crippen LogP contribution < -0.4 is 5.32 Å². The number of aromatic nitrogens is 1. The number of anilines is 1. The molecule has 0 radical (unpaired) electrons. The van der Waals surface area contributed by atoms with Gasteiger partial charge in [0, 0.05) is 17.8 Å². The molecular formula is C21H38N4O2S. The molecule has 1 aromatic heterocycles. The zero-order chi connectivity index (χ0) is 21.5. The van der Waals surface area contributed by atoms with Gasteiger partial charge in [0.05, 0.1) is 12.2 Å². The standard InChI is InChI=1S/C21H38N4O2S/c1-15(13-21(4,5)6)12-19(27)25(11-9-10-24(7)8)14-18(26)23-20-22-16(2)17(3)28-20/h15H,9-14H2,1-8H3,(H,22,23,26)/t15-/m1/s1. The van der Waals surface area contributed by atoms with E-state index in [4.69, 9.17) is 0 Å². The Morgan fingerprint density at radius 2 is 1.82 bits per heavy atom. The van der Waals surface area contributed by atoms with Crippen molar-refractivity contribution in [1.29, 1.82) is 0 Å². The van der Waals surface area contributed by atoms with Crippen molar-refractivity contribution in [3.8, 4) is 0 Å². The number of rotatable bonds is 10. The lowest BCUT2D eigenvalue weighted by molar-refractivity contribution is -0.135. The Labute approximate surface area is 174 Å². The Morgan fingerprint density at radius 1 is 1.18 bits per heavy atom. The minimum absolute atomic E-state index is 0.0529. The van der Waals surface area contributed by atoms with E-state index >= 15 is 0 Å². The number of amides is 2. The Balaban J connectivity index is 2.71. The van der Waals surface area contributed by atoms with Crippen LogP contribution in [0.3, 0.4) is 0 Å². The maximum atomic E-state index is 12.9. The minimum Gasteiger partial charge on any atom is -0.333 e. The zero-order valence-electron chi connectivity index (χ0n) is 18.9. The highest BCUT2D eigenvalue weighted by Gasteiger charge is 2.23. The van der Waals surface area contributed by atoms with Crippen LogP contribution in [-0.4, -0.2) is 60.3 Å². The molecule has 0 aliphatic heterocycles. The average Bonchev–Trinajstić information content (AvgIpc) is 2.81. The van der Waals surface area contributed by atoms with Gasteiger partial charge in [0.1, 0.15) is 0 Å². The first-order valence-corrected chi connectivity index (χ1v) is 10.9. The third-order valence-electron chi connectivity index (χ3n) is 4.48. The van der Waals surface area contributed by atoms with Gasteiger partial charge in [0.25, 0.3) is 0 Å². The summed E-state index contributed by atoms with van der Waals surface area (Å²) < 4.78 is 0. The molecule has 1 N–H and O–H groups in total. The Kier molecular flexibility index (Phi) is 9.57. The number of carbonyl (C=O) groups is 2. The first-order valence-electron chi connectivity index (χ1n) is 10.0. The summed E-state index contributed by atoms with van der Waals surface area (Å²) in [5.41, 5.74) is 1.11. The highest BCUT2D eigenvalue weighted by Crippen LogP contribution is 2.26. The third-order valence-corrected chi connectivity index (χ3v) is 5.47. The molecule has 0 aliphatic carbocycles. The van der Waals surface area contributed by atoms with Gasteiger partial charge in [0.2, 0.25) is 11.8 Å². The molecule has 0 unspecified atom stereocenters. The molecule has 1 atom stereocenters. The number of nitrogens with zero attached hydrogens (tertiary/aromatic N) is 3. The van der Waals surface area contributed by atoms with E-state index in [1.807, 2.05) is 27.9 Å². The minimum atomic E-state index is -0.185.